The highest BCUT2D eigenvalue weighted by atomic mass is 32.2. The molecule has 3 atom stereocenters. The molecule has 7 N–H and O–H groups in total. The van der Waals surface area contributed by atoms with E-state index < -0.39 is 46.3 Å². The van der Waals surface area contributed by atoms with Crippen LogP contribution in [0, 0.1) is 5.92 Å². The molecular weight excluding hydrogens is 363 g/mol. The van der Waals surface area contributed by atoms with E-state index in [0.717, 1.165) is 17.1 Å². The van der Waals surface area contributed by atoms with Gasteiger partial charge in [0, 0.05) is 37.6 Å². The third kappa shape index (κ3) is 4.06. The Morgan fingerprint density at radius 3 is 2.42 bits per heavy atom. The predicted octanol–water partition coefficient (Wildman–Crippen LogP) is -1.99. The molecule has 1 saturated heterocycles. The molecule has 1 aliphatic carbocycles. The molecule has 2 aliphatic rings. The SMILES string of the molecule is CC(N(C)S(=O)(=O)N1C[C@H](CCCB(O)O)[C@](N)(C(=O)O)C1)C1(N)CC1. The van der Waals surface area contributed by atoms with Crippen molar-refractivity contribution in [2.24, 2.45) is 17.4 Å². The van der Waals surface area contributed by atoms with Gasteiger partial charge in [0.15, 0.2) is 0 Å². The Bertz CT molecular complexity index is 643. The molecule has 26 heavy (non-hydrogen) atoms. The molecule has 12 heteroatoms. The van der Waals surface area contributed by atoms with E-state index in [2.05, 4.69) is 0 Å². The van der Waals surface area contributed by atoms with Crippen LogP contribution in [0.15, 0.2) is 0 Å². The van der Waals surface area contributed by atoms with Gasteiger partial charge in [-0.1, -0.05) is 6.42 Å². The summed E-state index contributed by atoms with van der Waals surface area (Å²) >= 11 is 0. The van der Waals surface area contributed by atoms with Gasteiger partial charge in [0.25, 0.3) is 10.2 Å². The first-order valence-corrected chi connectivity index (χ1v) is 10.1. The number of likely N-dealkylation sites (N-methyl/N-ethyl adjacent to an activating group) is 1. The minimum Gasteiger partial charge on any atom is -0.480 e. The maximum atomic E-state index is 13.0. The van der Waals surface area contributed by atoms with Crippen LogP contribution < -0.4 is 11.5 Å². The molecule has 1 heterocycles. The Hall–Kier alpha value is -0.755. The maximum absolute atomic E-state index is 13.0. The number of hydrogen-bond donors (Lipinski definition) is 5. The Kier molecular flexibility index (Phi) is 6.08. The number of carboxylic acids is 1. The number of nitrogens with two attached hydrogens (primary N) is 2. The number of rotatable bonds is 9. The van der Waals surface area contributed by atoms with E-state index in [1.54, 1.807) is 6.92 Å². The first-order valence-electron chi connectivity index (χ1n) is 8.75. The molecule has 1 aliphatic heterocycles. The van der Waals surface area contributed by atoms with Crippen LogP contribution in [0.1, 0.15) is 32.6 Å². The van der Waals surface area contributed by atoms with Gasteiger partial charge in [-0.2, -0.15) is 17.0 Å². The fourth-order valence-electron chi connectivity index (χ4n) is 3.51. The average Bonchev–Trinajstić information content (AvgIpc) is 3.19. The lowest BCUT2D eigenvalue weighted by atomic mass is 9.78. The Morgan fingerprint density at radius 1 is 1.38 bits per heavy atom. The lowest BCUT2D eigenvalue weighted by Crippen LogP contribution is -2.56. The Balaban J connectivity index is 2.15. The largest absolute Gasteiger partial charge is 0.480 e. The van der Waals surface area contributed by atoms with E-state index >= 15 is 0 Å². The molecule has 0 aromatic heterocycles. The van der Waals surface area contributed by atoms with E-state index in [0.29, 0.717) is 6.42 Å². The van der Waals surface area contributed by atoms with Gasteiger partial charge in [-0.15, -0.1) is 0 Å². The highest BCUT2D eigenvalue weighted by Gasteiger charge is 2.55. The van der Waals surface area contributed by atoms with E-state index in [9.17, 15) is 18.3 Å². The zero-order valence-corrected chi connectivity index (χ0v) is 16.0. The van der Waals surface area contributed by atoms with Crippen molar-refractivity contribution in [3.8, 4) is 0 Å². The molecule has 0 bridgehead atoms. The van der Waals surface area contributed by atoms with Crippen LogP contribution in [0.25, 0.3) is 0 Å². The molecule has 10 nitrogen and oxygen atoms in total. The third-order valence-corrected chi connectivity index (χ3v) is 7.87. The van der Waals surface area contributed by atoms with Gasteiger partial charge >= 0.3 is 13.1 Å². The Morgan fingerprint density at radius 2 is 1.96 bits per heavy atom. The van der Waals surface area contributed by atoms with Gasteiger partial charge in [-0.05, 0) is 32.5 Å². The van der Waals surface area contributed by atoms with Crippen LogP contribution in [0.4, 0.5) is 0 Å². The number of aliphatic carboxylic acids is 1. The van der Waals surface area contributed by atoms with Crippen molar-refractivity contribution in [2.75, 3.05) is 20.1 Å². The van der Waals surface area contributed by atoms with Gasteiger partial charge in [-0.3, -0.25) is 4.79 Å². The lowest BCUT2D eigenvalue weighted by molar-refractivity contribution is -0.144. The summed E-state index contributed by atoms with van der Waals surface area (Å²) in [5.41, 5.74) is 9.92. The normalized spacial score (nSPS) is 29.7. The second-order valence-electron chi connectivity index (χ2n) is 7.68. The van der Waals surface area contributed by atoms with Gasteiger partial charge < -0.3 is 26.6 Å². The van der Waals surface area contributed by atoms with E-state index in [1.807, 2.05) is 0 Å². The first kappa shape index (κ1) is 21.5. The number of carboxylic acid groups (broad SMARTS) is 1. The van der Waals surface area contributed by atoms with Crippen LogP contribution >= 0.6 is 0 Å². The molecule has 1 unspecified atom stereocenters. The minimum absolute atomic E-state index is 0.0265. The molecule has 0 aromatic carbocycles. The fourth-order valence-corrected chi connectivity index (χ4v) is 5.23. The molecule has 0 radical (unpaired) electrons. The van der Waals surface area contributed by atoms with E-state index in [-0.39, 0.29) is 25.8 Å². The number of hydrogen-bond acceptors (Lipinski definition) is 7. The van der Waals surface area contributed by atoms with Crippen molar-refractivity contribution in [2.45, 2.75) is 56.0 Å². The van der Waals surface area contributed by atoms with E-state index in [4.69, 9.17) is 21.5 Å². The van der Waals surface area contributed by atoms with Crippen LogP contribution in [0.5, 0.6) is 0 Å². The standard InChI is InChI=1S/C14H29BN4O6S/c1-10(13(16)5-6-13)18(2)26(24,25)19-8-11(4-3-7-15(22)23)14(17,9-19)12(20)21/h10-11,22-23H,3-9,16-17H2,1-2H3,(H,20,21)/t10?,11-,14-/m0/s1. The molecule has 2 fully saturated rings. The highest BCUT2D eigenvalue weighted by molar-refractivity contribution is 7.86. The third-order valence-electron chi connectivity index (χ3n) is 5.90. The summed E-state index contributed by atoms with van der Waals surface area (Å²) in [4.78, 5) is 11.7. The summed E-state index contributed by atoms with van der Waals surface area (Å²) in [6.07, 6.45) is 2.19. The molecule has 0 aromatic rings. The summed E-state index contributed by atoms with van der Waals surface area (Å²) in [5.74, 6) is -1.89. The molecule has 2 rings (SSSR count). The van der Waals surface area contributed by atoms with Gasteiger partial charge in [0.2, 0.25) is 0 Å². The zero-order valence-electron chi connectivity index (χ0n) is 15.2. The molecule has 1 saturated carbocycles. The number of carbonyl (C=O) groups is 1. The maximum Gasteiger partial charge on any atom is 0.451 e. The summed E-state index contributed by atoms with van der Waals surface area (Å²) in [5, 5.41) is 27.4. The topological polar surface area (TPSA) is 170 Å². The minimum atomic E-state index is -3.92. The summed E-state index contributed by atoms with van der Waals surface area (Å²) in [6, 6.07) is -0.409. The average molecular weight is 392 g/mol. The van der Waals surface area contributed by atoms with Crippen molar-refractivity contribution >= 4 is 23.3 Å². The smallest absolute Gasteiger partial charge is 0.451 e. The van der Waals surface area contributed by atoms with Crippen LogP contribution in [0.3, 0.4) is 0 Å². The van der Waals surface area contributed by atoms with Crippen molar-refractivity contribution in [3.05, 3.63) is 0 Å². The highest BCUT2D eigenvalue weighted by Crippen LogP contribution is 2.40. The molecule has 0 amide bonds. The van der Waals surface area contributed by atoms with Gasteiger partial charge in [-0.25, -0.2) is 0 Å². The summed E-state index contributed by atoms with van der Waals surface area (Å²) in [6.45, 7) is 1.39. The van der Waals surface area contributed by atoms with Crippen LogP contribution in [0.2, 0.25) is 6.32 Å². The molecular formula is C14H29BN4O6S. The number of nitrogens with zero attached hydrogens (tertiary/aromatic N) is 2. The predicted molar refractivity (Wildman–Crippen MR) is 96.1 cm³/mol. The van der Waals surface area contributed by atoms with Crippen LogP contribution in [-0.4, -0.2) is 82.5 Å². The Labute approximate surface area is 154 Å². The van der Waals surface area contributed by atoms with Crippen molar-refractivity contribution in [3.63, 3.8) is 0 Å². The molecule has 150 valence electrons. The second kappa shape index (κ2) is 7.34. The zero-order chi connectivity index (χ0) is 19.9. The van der Waals surface area contributed by atoms with E-state index in [1.165, 1.54) is 11.4 Å². The van der Waals surface area contributed by atoms with Crippen molar-refractivity contribution in [1.29, 1.82) is 0 Å². The summed E-state index contributed by atoms with van der Waals surface area (Å²) < 4.78 is 28.2. The van der Waals surface area contributed by atoms with Crippen molar-refractivity contribution in [1.82, 2.24) is 8.61 Å². The quantitative estimate of drug-likeness (QED) is 0.281. The van der Waals surface area contributed by atoms with Gasteiger partial charge in [0.05, 0.1) is 0 Å². The fraction of sp³-hybridized carbons (Fsp3) is 0.929. The first-order chi connectivity index (χ1) is 11.8. The monoisotopic (exact) mass is 392 g/mol. The lowest BCUT2D eigenvalue weighted by Gasteiger charge is -2.32. The van der Waals surface area contributed by atoms with Crippen molar-refractivity contribution < 1.29 is 28.4 Å². The second-order valence-corrected chi connectivity index (χ2v) is 9.67. The summed E-state index contributed by atoms with van der Waals surface area (Å²) in [7, 11) is -3.96. The molecule has 0 spiro atoms. The van der Waals surface area contributed by atoms with Gasteiger partial charge in [0.1, 0.15) is 5.54 Å². The van der Waals surface area contributed by atoms with Crippen LogP contribution in [-0.2, 0) is 15.0 Å².